The molecule has 2 heterocycles. The Morgan fingerprint density at radius 3 is 2.09 bits per heavy atom. The fourth-order valence-electron chi connectivity index (χ4n) is 3.01. The number of nitrogens with zero attached hydrogens (tertiary/aromatic N) is 1. The molecule has 0 unspecified atom stereocenters. The Balaban J connectivity index is 0.000000203. The summed E-state index contributed by atoms with van der Waals surface area (Å²) in [6, 6.07) is 8.16. The molecule has 0 bridgehead atoms. The predicted molar refractivity (Wildman–Crippen MR) is 90.8 cm³/mol. The van der Waals surface area contributed by atoms with Gasteiger partial charge in [0, 0.05) is 24.5 Å². The number of nitrogen functional groups attached to an aromatic ring is 1. The minimum Gasteiger partial charge on any atom is -0.399 e. The second-order valence-corrected chi connectivity index (χ2v) is 6.17. The van der Waals surface area contributed by atoms with Gasteiger partial charge in [-0.1, -0.05) is 37.6 Å². The summed E-state index contributed by atoms with van der Waals surface area (Å²) >= 11 is 0. The van der Waals surface area contributed by atoms with E-state index in [1.54, 1.807) is 0 Å². The average molecular weight is 311 g/mol. The molecule has 0 atom stereocenters. The van der Waals surface area contributed by atoms with Crippen LogP contribution in [0.3, 0.4) is 0 Å². The fourth-order valence-corrected chi connectivity index (χ4v) is 3.01. The standard InChI is InChI=1S/C12H15BN2.C5H7NO2/c14-9-13-7-5-11(6-8-13)10-1-3-12(15)4-2-10;7-4-2-1-3-5(8)6-4/h1-4,11H,5-8,15H2;1-3H2,(H,6,7,8). The van der Waals surface area contributed by atoms with Crippen LogP contribution in [0.25, 0.3) is 0 Å². The molecule has 1 aromatic carbocycles. The lowest BCUT2D eigenvalue weighted by atomic mass is 9.41. The molecule has 0 radical (unpaired) electrons. The van der Waals surface area contributed by atoms with Gasteiger partial charge in [-0.05, 0) is 30.0 Å². The highest BCUT2D eigenvalue weighted by Gasteiger charge is 2.24. The van der Waals surface area contributed by atoms with Crippen molar-refractivity contribution < 1.29 is 9.59 Å². The monoisotopic (exact) mass is 311 g/mol. The van der Waals surface area contributed by atoms with Crippen molar-refractivity contribution in [1.82, 2.24) is 5.32 Å². The van der Waals surface area contributed by atoms with Gasteiger partial charge in [0.25, 0.3) is 6.71 Å². The average Bonchev–Trinajstić information content (AvgIpc) is 2.56. The number of carbonyl (C=O) groups excluding carboxylic acids is 2. The Labute approximate surface area is 137 Å². The molecule has 0 saturated carbocycles. The first-order chi connectivity index (χ1) is 11.1. The van der Waals surface area contributed by atoms with E-state index >= 15 is 0 Å². The van der Waals surface area contributed by atoms with Gasteiger partial charge >= 0.3 is 0 Å². The molecule has 120 valence electrons. The summed E-state index contributed by atoms with van der Waals surface area (Å²) in [4.78, 5) is 20.7. The van der Waals surface area contributed by atoms with Crippen LogP contribution in [0.5, 0.6) is 0 Å². The number of amides is 2. The molecular formula is C17H22BN3O2. The molecule has 1 aromatic rings. The third-order valence-electron chi connectivity index (χ3n) is 4.40. The Bertz CT molecular complexity index is 573. The number of imide groups is 1. The largest absolute Gasteiger partial charge is 0.399 e. The summed E-state index contributed by atoms with van der Waals surface area (Å²) < 4.78 is 0. The number of carbonyl (C=O) groups is 2. The number of benzene rings is 1. The summed E-state index contributed by atoms with van der Waals surface area (Å²) in [6.45, 7) is 0.287. The van der Waals surface area contributed by atoms with Crippen molar-refractivity contribution in [3.63, 3.8) is 0 Å². The first kappa shape index (κ1) is 17.1. The van der Waals surface area contributed by atoms with Crippen LogP contribution in [-0.4, -0.2) is 18.5 Å². The maximum absolute atomic E-state index is 10.3. The summed E-state index contributed by atoms with van der Waals surface area (Å²) in [7, 11) is 0. The molecule has 0 aliphatic carbocycles. The van der Waals surface area contributed by atoms with Gasteiger partial charge in [-0.3, -0.25) is 14.9 Å². The number of hydrogen-bond acceptors (Lipinski definition) is 4. The van der Waals surface area contributed by atoms with E-state index in [-0.39, 0.29) is 18.5 Å². The van der Waals surface area contributed by atoms with Crippen LogP contribution in [0.1, 0.15) is 43.6 Å². The van der Waals surface area contributed by atoms with Crippen molar-refractivity contribution in [2.24, 2.45) is 0 Å². The predicted octanol–water partition coefficient (Wildman–Crippen LogP) is 2.52. The van der Waals surface area contributed by atoms with Gasteiger partial charge in [0.15, 0.2) is 0 Å². The first-order valence-electron chi connectivity index (χ1n) is 8.16. The minimum absolute atomic E-state index is 0.138. The number of nitrogens with two attached hydrogens (primary N) is 1. The molecule has 6 heteroatoms. The minimum atomic E-state index is -0.138. The molecule has 2 fully saturated rings. The van der Waals surface area contributed by atoms with Crippen LogP contribution in [0.4, 0.5) is 5.69 Å². The quantitative estimate of drug-likeness (QED) is 0.473. The zero-order chi connectivity index (χ0) is 16.7. The van der Waals surface area contributed by atoms with E-state index in [1.165, 1.54) is 5.56 Å². The highest BCUT2D eigenvalue weighted by molar-refractivity contribution is 6.67. The van der Waals surface area contributed by atoms with Crippen LogP contribution < -0.4 is 11.1 Å². The number of piperidine rings is 1. The highest BCUT2D eigenvalue weighted by atomic mass is 16.2. The van der Waals surface area contributed by atoms with Crippen molar-refractivity contribution in [3.8, 4) is 5.97 Å². The zero-order valence-corrected chi connectivity index (χ0v) is 13.3. The first-order valence-corrected chi connectivity index (χ1v) is 8.16. The number of anilines is 1. The molecule has 0 aromatic heterocycles. The molecule has 5 nitrogen and oxygen atoms in total. The highest BCUT2D eigenvalue weighted by Crippen LogP contribution is 2.33. The SMILES string of the molecule is N#CB1CCC(c2ccc(N)cc2)CC1.O=C1CCCC(=O)N1. The van der Waals surface area contributed by atoms with Gasteiger partial charge < -0.3 is 5.73 Å². The molecule has 2 amide bonds. The Kier molecular flexibility index (Phi) is 6.22. The summed E-state index contributed by atoms with van der Waals surface area (Å²) in [5.74, 6) is 2.72. The fraction of sp³-hybridized carbons (Fsp3) is 0.471. The van der Waals surface area contributed by atoms with Crippen LogP contribution in [0.2, 0.25) is 12.6 Å². The van der Waals surface area contributed by atoms with E-state index in [4.69, 9.17) is 11.0 Å². The second kappa shape index (κ2) is 8.37. The van der Waals surface area contributed by atoms with Crippen molar-refractivity contribution in [3.05, 3.63) is 29.8 Å². The Morgan fingerprint density at radius 2 is 1.65 bits per heavy atom. The topological polar surface area (TPSA) is 96.0 Å². The molecule has 3 N–H and O–H groups in total. The van der Waals surface area contributed by atoms with Crippen LogP contribution in [0.15, 0.2) is 24.3 Å². The lowest BCUT2D eigenvalue weighted by Crippen LogP contribution is -2.33. The normalized spacial score (nSPS) is 18.5. The van der Waals surface area contributed by atoms with Gasteiger partial charge in [0.1, 0.15) is 0 Å². The van der Waals surface area contributed by atoms with Gasteiger partial charge in [0.05, 0.1) is 0 Å². The van der Waals surface area contributed by atoms with Gasteiger partial charge in [-0.25, -0.2) is 5.26 Å². The van der Waals surface area contributed by atoms with E-state index in [2.05, 4.69) is 23.4 Å². The Morgan fingerprint density at radius 1 is 1.09 bits per heavy atom. The van der Waals surface area contributed by atoms with E-state index in [0.717, 1.165) is 31.2 Å². The number of rotatable bonds is 1. The van der Waals surface area contributed by atoms with E-state index in [9.17, 15) is 9.59 Å². The lowest BCUT2D eigenvalue weighted by molar-refractivity contribution is -0.132. The number of nitrogens with one attached hydrogen (secondary N) is 1. The van der Waals surface area contributed by atoms with Crippen LogP contribution >= 0.6 is 0 Å². The molecule has 0 spiro atoms. The van der Waals surface area contributed by atoms with Gasteiger partial charge in [0.2, 0.25) is 11.8 Å². The summed E-state index contributed by atoms with van der Waals surface area (Å²) in [5, 5.41) is 11.0. The molecular weight excluding hydrogens is 289 g/mol. The molecule has 2 aliphatic heterocycles. The van der Waals surface area contributed by atoms with Crippen molar-refractivity contribution >= 4 is 24.2 Å². The number of hydrogen-bond donors (Lipinski definition) is 2. The molecule has 2 saturated heterocycles. The van der Waals surface area contributed by atoms with Crippen LogP contribution in [0, 0.1) is 11.2 Å². The van der Waals surface area contributed by atoms with E-state index in [0.29, 0.717) is 25.2 Å². The van der Waals surface area contributed by atoms with Gasteiger partial charge in [-0.15, -0.1) is 0 Å². The molecule has 2 aliphatic rings. The third-order valence-corrected chi connectivity index (χ3v) is 4.40. The second-order valence-electron chi connectivity index (χ2n) is 6.17. The zero-order valence-electron chi connectivity index (χ0n) is 13.3. The molecule has 23 heavy (non-hydrogen) atoms. The third kappa shape index (κ3) is 5.44. The maximum Gasteiger partial charge on any atom is 0.267 e. The van der Waals surface area contributed by atoms with E-state index in [1.807, 2.05) is 12.1 Å². The van der Waals surface area contributed by atoms with Crippen molar-refractivity contribution in [2.75, 3.05) is 5.73 Å². The van der Waals surface area contributed by atoms with Crippen molar-refractivity contribution in [2.45, 2.75) is 50.7 Å². The van der Waals surface area contributed by atoms with Crippen LogP contribution in [-0.2, 0) is 9.59 Å². The summed E-state index contributed by atoms with van der Waals surface area (Å²) in [5.41, 5.74) is 7.86. The molecule has 3 rings (SSSR count). The Hall–Kier alpha value is -2.29. The summed E-state index contributed by atoms with van der Waals surface area (Å²) in [6.07, 6.45) is 6.10. The van der Waals surface area contributed by atoms with E-state index < -0.39 is 0 Å². The van der Waals surface area contributed by atoms with Gasteiger partial charge in [-0.2, -0.15) is 0 Å². The lowest BCUT2D eigenvalue weighted by Gasteiger charge is -2.23. The smallest absolute Gasteiger partial charge is 0.267 e. The van der Waals surface area contributed by atoms with Crippen molar-refractivity contribution in [1.29, 1.82) is 5.26 Å². The number of nitriles is 1. The maximum atomic E-state index is 10.3.